The van der Waals surface area contributed by atoms with Gasteiger partial charge in [-0.15, -0.1) is 0 Å². The minimum Gasteiger partial charge on any atom is -0.493 e. The summed E-state index contributed by atoms with van der Waals surface area (Å²) in [6.45, 7) is 2.32. The van der Waals surface area contributed by atoms with Gasteiger partial charge < -0.3 is 14.8 Å². The van der Waals surface area contributed by atoms with Crippen LogP contribution in [0.3, 0.4) is 0 Å². The maximum atomic E-state index is 12.3. The molecular formula is C16H15ClINO3. The number of benzene rings is 2. The van der Waals surface area contributed by atoms with Gasteiger partial charge in [0.05, 0.1) is 18.7 Å². The van der Waals surface area contributed by atoms with Crippen LogP contribution in [0.15, 0.2) is 36.4 Å². The van der Waals surface area contributed by atoms with E-state index in [1.807, 2.05) is 31.2 Å². The minimum atomic E-state index is -0.259. The molecule has 2 rings (SSSR count). The zero-order valence-corrected chi connectivity index (χ0v) is 15.1. The predicted molar refractivity (Wildman–Crippen MR) is 96.3 cm³/mol. The molecule has 1 N–H and O–H groups in total. The third kappa shape index (κ3) is 4.04. The Morgan fingerprint density at radius 3 is 2.73 bits per heavy atom. The van der Waals surface area contributed by atoms with E-state index in [2.05, 4.69) is 27.9 Å². The van der Waals surface area contributed by atoms with Crippen molar-refractivity contribution in [2.24, 2.45) is 0 Å². The molecule has 4 nitrogen and oxygen atoms in total. The molecule has 2 aromatic carbocycles. The third-order valence-corrected chi connectivity index (χ3v) is 3.81. The van der Waals surface area contributed by atoms with Crippen molar-refractivity contribution in [3.05, 3.63) is 50.6 Å². The van der Waals surface area contributed by atoms with Gasteiger partial charge in [0.15, 0.2) is 11.5 Å². The molecule has 6 heteroatoms. The Labute approximate surface area is 147 Å². The fraction of sp³-hybridized carbons (Fsp3) is 0.188. The second-order valence-electron chi connectivity index (χ2n) is 4.39. The van der Waals surface area contributed by atoms with Crippen LogP contribution in [0.1, 0.15) is 17.3 Å². The quantitative estimate of drug-likeness (QED) is 0.704. The van der Waals surface area contributed by atoms with Crippen LogP contribution in [0, 0.1) is 3.57 Å². The summed E-state index contributed by atoms with van der Waals surface area (Å²) >= 11 is 8.37. The van der Waals surface area contributed by atoms with Crippen molar-refractivity contribution in [1.29, 1.82) is 0 Å². The first-order chi connectivity index (χ1) is 10.5. The second kappa shape index (κ2) is 7.69. The lowest BCUT2D eigenvalue weighted by atomic mass is 10.1. The number of ether oxygens (including phenoxy) is 2. The van der Waals surface area contributed by atoms with Gasteiger partial charge in [-0.25, -0.2) is 0 Å². The molecule has 0 spiro atoms. The Kier molecular flexibility index (Phi) is 5.90. The summed E-state index contributed by atoms with van der Waals surface area (Å²) < 4.78 is 11.7. The van der Waals surface area contributed by atoms with Crippen molar-refractivity contribution in [1.82, 2.24) is 0 Å². The Morgan fingerprint density at radius 1 is 1.32 bits per heavy atom. The van der Waals surface area contributed by atoms with Crippen LogP contribution in [-0.2, 0) is 0 Å². The highest BCUT2D eigenvalue weighted by molar-refractivity contribution is 14.1. The molecule has 0 atom stereocenters. The Morgan fingerprint density at radius 2 is 2.09 bits per heavy atom. The number of carbonyl (C=O) groups excluding carboxylic acids is 1. The van der Waals surface area contributed by atoms with Crippen molar-refractivity contribution in [2.75, 3.05) is 19.0 Å². The zero-order valence-electron chi connectivity index (χ0n) is 12.2. The van der Waals surface area contributed by atoms with Crippen LogP contribution in [0.5, 0.6) is 11.5 Å². The maximum absolute atomic E-state index is 12.3. The summed E-state index contributed by atoms with van der Waals surface area (Å²) in [5.41, 5.74) is 1.13. The highest BCUT2D eigenvalue weighted by atomic mass is 127. The molecule has 0 unspecified atom stereocenters. The zero-order chi connectivity index (χ0) is 16.1. The van der Waals surface area contributed by atoms with Gasteiger partial charge in [0.1, 0.15) is 0 Å². The number of amides is 1. The molecule has 116 valence electrons. The molecule has 2 aromatic rings. The molecule has 0 aliphatic carbocycles. The van der Waals surface area contributed by atoms with Gasteiger partial charge >= 0.3 is 0 Å². The van der Waals surface area contributed by atoms with Crippen LogP contribution < -0.4 is 14.8 Å². The lowest BCUT2D eigenvalue weighted by molar-refractivity contribution is 0.102. The van der Waals surface area contributed by atoms with Crippen molar-refractivity contribution >= 4 is 45.8 Å². The fourth-order valence-electron chi connectivity index (χ4n) is 1.90. The van der Waals surface area contributed by atoms with Gasteiger partial charge in [-0.3, -0.25) is 4.79 Å². The van der Waals surface area contributed by atoms with E-state index in [0.717, 1.165) is 9.26 Å². The number of hydrogen-bond acceptors (Lipinski definition) is 3. The predicted octanol–water partition coefficient (Wildman–Crippen LogP) is 4.60. The smallest absolute Gasteiger partial charge is 0.255 e. The van der Waals surface area contributed by atoms with E-state index < -0.39 is 0 Å². The standard InChI is InChI=1S/C16H15ClINO3/c1-3-22-15-13(17)7-10(8-14(15)21-2)16(20)19-12-6-4-5-11(18)9-12/h4-9H,3H2,1-2H3,(H,19,20). The van der Waals surface area contributed by atoms with Crippen LogP contribution in [0.4, 0.5) is 5.69 Å². The first kappa shape index (κ1) is 16.9. The highest BCUT2D eigenvalue weighted by Crippen LogP contribution is 2.36. The molecule has 0 bridgehead atoms. The number of hydrogen-bond donors (Lipinski definition) is 1. The summed E-state index contributed by atoms with van der Waals surface area (Å²) in [5.74, 6) is 0.616. The van der Waals surface area contributed by atoms with Crippen molar-refractivity contribution in [2.45, 2.75) is 6.92 Å². The minimum absolute atomic E-state index is 0.259. The topological polar surface area (TPSA) is 47.6 Å². The SMILES string of the molecule is CCOc1c(Cl)cc(C(=O)Nc2cccc(I)c2)cc1OC. The summed E-state index contributed by atoms with van der Waals surface area (Å²) in [7, 11) is 1.51. The fourth-order valence-corrected chi connectivity index (χ4v) is 2.71. The highest BCUT2D eigenvalue weighted by Gasteiger charge is 2.15. The molecule has 1 amide bonds. The summed E-state index contributed by atoms with van der Waals surface area (Å²) in [6.07, 6.45) is 0. The first-order valence-electron chi connectivity index (χ1n) is 6.62. The van der Waals surface area contributed by atoms with Gasteiger partial charge in [0.2, 0.25) is 0 Å². The Hall–Kier alpha value is -1.47. The molecule has 22 heavy (non-hydrogen) atoms. The third-order valence-electron chi connectivity index (χ3n) is 2.86. The molecule has 0 aliphatic heterocycles. The number of halogens is 2. The van der Waals surface area contributed by atoms with E-state index in [1.54, 1.807) is 12.1 Å². The van der Waals surface area contributed by atoms with E-state index in [-0.39, 0.29) is 5.91 Å². The normalized spacial score (nSPS) is 10.2. The second-order valence-corrected chi connectivity index (χ2v) is 6.04. The van der Waals surface area contributed by atoms with Gasteiger partial charge in [0, 0.05) is 14.8 Å². The average molecular weight is 432 g/mol. The molecule has 0 heterocycles. The largest absolute Gasteiger partial charge is 0.493 e. The van der Waals surface area contributed by atoms with Gasteiger partial charge in [-0.1, -0.05) is 17.7 Å². The lowest BCUT2D eigenvalue weighted by Crippen LogP contribution is -2.12. The van der Waals surface area contributed by atoms with E-state index >= 15 is 0 Å². The average Bonchev–Trinajstić information content (AvgIpc) is 2.49. The Bertz CT molecular complexity index is 691. The van der Waals surface area contributed by atoms with Crippen LogP contribution >= 0.6 is 34.2 Å². The molecule has 0 saturated heterocycles. The molecule has 0 aliphatic rings. The van der Waals surface area contributed by atoms with Gasteiger partial charge in [-0.2, -0.15) is 0 Å². The van der Waals surface area contributed by atoms with Gasteiger partial charge in [0.25, 0.3) is 5.91 Å². The van der Waals surface area contributed by atoms with Crippen LogP contribution in [0.2, 0.25) is 5.02 Å². The number of methoxy groups -OCH3 is 1. The monoisotopic (exact) mass is 431 g/mol. The Balaban J connectivity index is 2.28. The van der Waals surface area contributed by atoms with E-state index in [0.29, 0.717) is 28.7 Å². The van der Waals surface area contributed by atoms with E-state index in [4.69, 9.17) is 21.1 Å². The van der Waals surface area contributed by atoms with Crippen molar-refractivity contribution < 1.29 is 14.3 Å². The number of rotatable bonds is 5. The van der Waals surface area contributed by atoms with Crippen LogP contribution in [-0.4, -0.2) is 19.6 Å². The molecule has 0 saturated carbocycles. The van der Waals surface area contributed by atoms with Crippen LogP contribution in [0.25, 0.3) is 0 Å². The number of anilines is 1. The lowest BCUT2D eigenvalue weighted by Gasteiger charge is -2.13. The molecule has 0 radical (unpaired) electrons. The van der Waals surface area contributed by atoms with Gasteiger partial charge in [-0.05, 0) is 59.8 Å². The van der Waals surface area contributed by atoms with E-state index in [1.165, 1.54) is 7.11 Å². The molecule has 0 fully saturated rings. The molecular weight excluding hydrogens is 417 g/mol. The number of nitrogens with one attached hydrogen (secondary N) is 1. The molecule has 0 aromatic heterocycles. The van der Waals surface area contributed by atoms with E-state index in [9.17, 15) is 4.79 Å². The summed E-state index contributed by atoms with van der Waals surface area (Å²) in [4.78, 5) is 12.3. The summed E-state index contributed by atoms with van der Waals surface area (Å²) in [5, 5.41) is 3.17. The first-order valence-corrected chi connectivity index (χ1v) is 8.08. The number of carbonyl (C=O) groups is 1. The van der Waals surface area contributed by atoms with Crippen molar-refractivity contribution in [3.8, 4) is 11.5 Å². The van der Waals surface area contributed by atoms with Crippen molar-refractivity contribution in [3.63, 3.8) is 0 Å². The maximum Gasteiger partial charge on any atom is 0.255 e. The summed E-state index contributed by atoms with van der Waals surface area (Å²) in [6, 6.07) is 10.7.